The van der Waals surface area contributed by atoms with E-state index in [1.165, 1.54) is 6.42 Å². The van der Waals surface area contributed by atoms with Crippen molar-refractivity contribution in [1.82, 2.24) is 9.38 Å². The van der Waals surface area contributed by atoms with E-state index in [0.717, 1.165) is 49.6 Å². The number of carbonyl (C=O) groups excluding carboxylic acids is 1. The van der Waals surface area contributed by atoms with Gasteiger partial charge in [0.15, 0.2) is 0 Å². The standard InChI is InChI=1S/C18H22N2O3/c21-17(13-4-2-1-3-5-13)23-18(22)16-14(12-6-7-12)8-9-20-11-19-10-15(16)20/h8-13,18,22H,1-7H2. The van der Waals surface area contributed by atoms with Crippen LogP contribution in [0.4, 0.5) is 0 Å². The molecule has 0 aromatic carbocycles. The molecule has 2 aliphatic carbocycles. The van der Waals surface area contributed by atoms with Gasteiger partial charge in [-0.2, -0.15) is 0 Å². The van der Waals surface area contributed by atoms with E-state index >= 15 is 0 Å². The third kappa shape index (κ3) is 2.85. The van der Waals surface area contributed by atoms with Crippen molar-refractivity contribution >= 4 is 11.5 Å². The SMILES string of the molecule is O=C(OC(O)c1c(C2CC2)ccn2cncc12)C1CCCCC1. The van der Waals surface area contributed by atoms with E-state index < -0.39 is 6.29 Å². The Morgan fingerprint density at radius 1 is 1.26 bits per heavy atom. The highest BCUT2D eigenvalue weighted by molar-refractivity contribution is 5.73. The zero-order valence-electron chi connectivity index (χ0n) is 13.1. The highest BCUT2D eigenvalue weighted by Crippen LogP contribution is 2.44. The fourth-order valence-electron chi connectivity index (χ4n) is 3.65. The number of carbonyl (C=O) groups is 1. The normalized spacial score (nSPS) is 20.6. The first-order valence-corrected chi connectivity index (χ1v) is 8.57. The molecule has 2 aromatic rings. The molecule has 2 heterocycles. The number of imidazole rings is 1. The fraction of sp³-hybridized carbons (Fsp3) is 0.556. The van der Waals surface area contributed by atoms with Crippen molar-refractivity contribution in [2.24, 2.45) is 5.92 Å². The second kappa shape index (κ2) is 5.96. The van der Waals surface area contributed by atoms with Gasteiger partial charge in [0.25, 0.3) is 0 Å². The molecule has 0 spiro atoms. The first kappa shape index (κ1) is 14.7. The zero-order chi connectivity index (χ0) is 15.8. The Morgan fingerprint density at radius 3 is 2.78 bits per heavy atom. The average molecular weight is 314 g/mol. The number of aliphatic hydroxyl groups is 1. The molecular formula is C18H22N2O3. The Labute approximate surface area is 135 Å². The van der Waals surface area contributed by atoms with Gasteiger partial charge in [0, 0.05) is 11.8 Å². The first-order valence-electron chi connectivity index (χ1n) is 8.57. The van der Waals surface area contributed by atoms with Gasteiger partial charge in [-0.15, -0.1) is 0 Å². The van der Waals surface area contributed by atoms with Crippen molar-refractivity contribution < 1.29 is 14.6 Å². The van der Waals surface area contributed by atoms with Crippen LogP contribution >= 0.6 is 0 Å². The van der Waals surface area contributed by atoms with Gasteiger partial charge in [-0.25, -0.2) is 4.98 Å². The van der Waals surface area contributed by atoms with Gasteiger partial charge in [0.05, 0.1) is 24.0 Å². The van der Waals surface area contributed by atoms with Crippen molar-refractivity contribution in [2.45, 2.75) is 57.2 Å². The Morgan fingerprint density at radius 2 is 2.04 bits per heavy atom. The number of nitrogens with zero attached hydrogens (tertiary/aromatic N) is 2. The fourth-order valence-corrected chi connectivity index (χ4v) is 3.65. The van der Waals surface area contributed by atoms with Crippen LogP contribution in [0.2, 0.25) is 0 Å². The molecule has 2 aromatic heterocycles. The number of aromatic nitrogens is 2. The summed E-state index contributed by atoms with van der Waals surface area (Å²) in [6.45, 7) is 0. The second-order valence-electron chi connectivity index (χ2n) is 6.77. The van der Waals surface area contributed by atoms with Crippen molar-refractivity contribution in [3.63, 3.8) is 0 Å². The number of aliphatic hydroxyl groups excluding tert-OH is 1. The largest absolute Gasteiger partial charge is 0.431 e. The van der Waals surface area contributed by atoms with E-state index in [1.54, 1.807) is 12.5 Å². The lowest BCUT2D eigenvalue weighted by molar-refractivity contribution is -0.175. The van der Waals surface area contributed by atoms with Crippen LogP contribution in [0.15, 0.2) is 24.8 Å². The van der Waals surface area contributed by atoms with E-state index in [9.17, 15) is 9.90 Å². The maximum Gasteiger partial charge on any atom is 0.311 e. The molecule has 2 aliphatic rings. The minimum atomic E-state index is -1.21. The summed E-state index contributed by atoms with van der Waals surface area (Å²) in [6, 6.07) is 2.01. The van der Waals surface area contributed by atoms with E-state index in [1.807, 2.05) is 16.7 Å². The van der Waals surface area contributed by atoms with E-state index in [0.29, 0.717) is 11.5 Å². The highest BCUT2D eigenvalue weighted by atomic mass is 16.6. The van der Waals surface area contributed by atoms with Gasteiger partial charge in [0.2, 0.25) is 6.29 Å². The van der Waals surface area contributed by atoms with Gasteiger partial charge in [-0.3, -0.25) is 4.79 Å². The molecule has 4 rings (SSSR count). The number of rotatable bonds is 4. The van der Waals surface area contributed by atoms with E-state index in [4.69, 9.17) is 4.74 Å². The van der Waals surface area contributed by atoms with E-state index in [-0.39, 0.29) is 11.9 Å². The molecule has 0 saturated heterocycles. The molecule has 122 valence electrons. The van der Waals surface area contributed by atoms with Crippen LogP contribution in [0.3, 0.4) is 0 Å². The Hall–Kier alpha value is -1.88. The lowest BCUT2D eigenvalue weighted by atomic mass is 9.89. The maximum atomic E-state index is 12.3. The van der Waals surface area contributed by atoms with Gasteiger partial charge in [-0.1, -0.05) is 19.3 Å². The predicted octanol–water partition coefficient (Wildman–Crippen LogP) is 3.33. The summed E-state index contributed by atoms with van der Waals surface area (Å²) in [6.07, 6.45) is 11.5. The molecule has 0 amide bonds. The molecule has 1 unspecified atom stereocenters. The Balaban J connectivity index is 1.60. The Bertz CT molecular complexity index is 714. The van der Waals surface area contributed by atoms with Crippen LogP contribution < -0.4 is 0 Å². The number of hydrogen-bond donors (Lipinski definition) is 1. The molecular weight excluding hydrogens is 292 g/mol. The lowest BCUT2D eigenvalue weighted by Crippen LogP contribution is -2.23. The molecule has 0 bridgehead atoms. The lowest BCUT2D eigenvalue weighted by Gasteiger charge is -2.23. The molecule has 1 atom stereocenters. The van der Waals surface area contributed by atoms with Gasteiger partial charge < -0.3 is 14.2 Å². The topological polar surface area (TPSA) is 63.8 Å². The summed E-state index contributed by atoms with van der Waals surface area (Å²) in [7, 11) is 0. The summed E-state index contributed by atoms with van der Waals surface area (Å²) < 4.78 is 7.31. The molecule has 0 aliphatic heterocycles. The summed E-state index contributed by atoms with van der Waals surface area (Å²) in [4.78, 5) is 16.5. The molecule has 1 N–H and O–H groups in total. The van der Waals surface area contributed by atoms with Crippen LogP contribution in [0.25, 0.3) is 5.52 Å². The van der Waals surface area contributed by atoms with Crippen molar-refractivity contribution in [3.05, 3.63) is 35.9 Å². The van der Waals surface area contributed by atoms with E-state index in [2.05, 4.69) is 4.98 Å². The third-order valence-corrected chi connectivity index (χ3v) is 5.10. The number of pyridine rings is 1. The molecule has 23 heavy (non-hydrogen) atoms. The van der Waals surface area contributed by atoms with Crippen LogP contribution in [0.1, 0.15) is 68.3 Å². The van der Waals surface area contributed by atoms with Crippen LogP contribution in [0, 0.1) is 5.92 Å². The summed E-state index contributed by atoms with van der Waals surface area (Å²) in [5, 5.41) is 10.6. The number of esters is 1. The minimum Gasteiger partial charge on any atom is -0.431 e. The second-order valence-corrected chi connectivity index (χ2v) is 6.77. The predicted molar refractivity (Wildman–Crippen MR) is 84.8 cm³/mol. The van der Waals surface area contributed by atoms with Gasteiger partial charge >= 0.3 is 5.97 Å². The van der Waals surface area contributed by atoms with Crippen molar-refractivity contribution in [2.75, 3.05) is 0 Å². The molecule has 2 fully saturated rings. The molecule has 2 saturated carbocycles. The van der Waals surface area contributed by atoms with Gasteiger partial charge in [0.1, 0.15) is 0 Å². The number of fused-ring (bicyclic) bond motifs is 1. The summed E-state index contributed by atoms with van der Waals surface area (Å²) >= 11 is 0. The maximum absolute atomic E-state index is 12.3. The minimum absolute atomic E-state index is 0.0626. The third-order valence-electron chi connectivity index (χ3n) is 5.10. The number of ether oxygens (including phenoxy) is 1. The van der Waals surface area contributed by atoms with Crippen molar-refractivity contribution in [1.29, 1.82) is 0 Å². The molecule has 5 nitrogen and oxygen atoms in total. The molecule has 0 radical (unpaired) electrons. The highest BCUT2D eigenvalue weighted by Gasteiger charge is 2.32. The quantitative estimate of drug-likeness (QED) is 0.694. The van der Waals surface area contributed by atoms with Gasteiger partial charge in [-0.05, 0) is 43.2 Å². The Kier molecular flexibility index (Phi) is 3.81. The molecule has 5 heteroatoms. The average Bonchev–Trinajstić information content (AvgIpc) is 3.31. The monoisotopic (exact) mass is 314 g/mol. The van der Waals surface area contributed by atoms with Crippen LogP contribution in [-0.2, 0) is 9.53 Å². The number of hydrogen-bond acceptors (Lipinski definition) is 4. The van der Waals surface area contributed by atoms with Crippen molar-refractivity contribution in [3.8, 4) is 0 Å². The van der Waals surface area contributed by atoms with Crippen LogP contribution in [-0.4, -0.2) is 20.5 Å². The zero-order valence-corrected chi connectivity index (χ0v) is 13.1. The smallest absolute Gasteiger partial charge is 0.311 e. The summed E-state index contributed by atoms with van der Waals surface area (Å²) in [5.41, 5.74) is 2.61. The summed E-state index contributed by atoms with van der Waals surface area (Å²) in [5.74, 6) is 0.140. The first-order chi connectivity index (χ1) is 11.2. The van der Waals surface area contributed by atoms with Crippen LogP contribution in [0.5, 0.6) is 0 Å².